The van der Waals surface area contributed by atoms with Crippen molar-refractivity contribution < 1.29 is 19.1 Å². The van der Waals surface area contributed by atoms with Gasteiger partial charge >= 0.3 is 5.97 Å². The van der Waals surface area contributed by atoms with Crippen LogP contribution < -0.4 is 9.64 Å². The first kappa shape index (κ1) is 19.4. The van der Waals surface area contributed by atoms with E-state index < -0.39 is 11.6 Å². The summed E-state index contributed by atoms with van der Waals surface area (Å²) in [5.74, 6) is 0.264. The quantitative estimate of drug-likeness (QED) is 0.586. The fraction of sp³-hybridized carbons (Fsp3) is 0.217. The second-order valence-electron chi connectivity index (χ2n) is 7.48. The van der Waals surface area contributed by atoms with Gasteiger partial charge in [-0.1, -0.05) is 30.3 Å². The summed E-state index contributed by atoms with van der Waals surface area (Å²) >= 11 is 0. The molecule has 0 saturated heterocycles. The van der Waals surface area contributed by atoms with Crippen LogP contribution in [0.5, 0.6) is 5.75 Å². The minimum Gasteiger partial charge on any atom is -0.457 e. The Morgan fingerprint density at radius 3 is 2.54 bits per heavy atom. The highest BCUT2D eigenvalue weighted by molar-refractivity contribution is 6.09. The highest BCUT2D eigenvalue weighted by Gasteiger charge is 2.27. The average Bonchev–Trinajstić information content (AvgIpc) is 2.63. The number of rotatable bonds is 3. The summed E-state index contributed by atoms with van der Waals surface area (Å²) < 4.78 is 11.1. The highest BCUT2D eigenvalue weighted by Crippen LogP contribution is 2.34. The molecule has 5 nitrogen and oxygen atoms in total. The molecule has 1 aliphatic rings. The van der Waals surface area contributed by atoms with Crippen molar-refractivity contribution >= 4 is 29.7 Å². The second-order valence-corrected chi connectivity index (χ2v) is 7.48. The lowest BCUT2D eigenvalue weighted by Gasteiger charge is -2.27. The summed E-state index contributed by atoms with van der Waals surface area (Å²) in [6.07, 6.45) is 4.77. The van der Waals surface area contributed by atoms with E-state index in [1.54, 1.807) is 24.1 Å². The van der Waals surface area contributed by atoms with Crippen molar-refractivity contribution in [3.05, 3.63) is 71.5 Å². The van der Waals surface area contributed by atoms with Crippen molar-refractivity contribution in [2.24, 2.45) is 0 Å². The van der Waals surface area contributed by atoms with Crippen LogP contribution in [0.2, 0.25) is 0 Å². The number of benzene rings is 2. The Kier molecular flexibility index (Phi) is 5.36. The first-order valence-corrected chi connectivity index (χ1v) is 9.01. The van der Waals surface area contributed by atoms with E-state index >= 15 is 0 Å². The maximum absolute atomic E-state index is 12.6. The zero-order chi connectivity index (χ0) is 20.3. The molecule has 1 amide bonds. The van der Waals surface area contributed by atoms with Crippen LogP contribution in [0, 0.1) is 0 Å². The molecule has 0 radical (unpaired) electrons. The molecule has 0 saturated carbocycles. The van der Waals surface area contributed by atoms with Gasteiger partial charge in [-0.3, -0.25) is 4.79 Å². The van der Waals surface area contributed by atoms with Gasteiger partial charge in [-0.15, -0.1) is 0 Å². The Morgan fingerprint density at radius 2 is 1.79 bits per heavy atom. The van der Waals surface area contributed by atoms with Gasteiger partial charge in [0.2, 0.25) is 0 Å². The smallest absolute Gasteiger partial charge is 0.331 e. The lowest BCUT2D eigenvalue weighted by Crippen LogP contribution is -2.33. The number of hydrogen-bond acceptors (Lipinski definition) is 4. The molecule has 0 unspecified atom stereocenters. The molecule has 1 aliphatic heterocycles. The lowest BCUT2D eigenvalue weighted by molar-refractivity contribution is -0.148. The minimum atomic E-state index is -0.533. The summed E-state index contributed by atoms with van der Waals surface area (Å²) in [6, 6.07) is 14.8. The van der Waals surface area contributed by atoms with Crippen molar-refractivity contribution in [3.63, 3.8) is 0 Å². The second kappa shape index (κ2) is 7.72. The number of carbonyl (C=O) groups is 2. The van der Waals surface area contributed by atoms with E-state index in [1.165, 1.54) is 6.08 Å². The van der Waals surface area contributed by atoms with Crippen LogP contribution in [0.15, 0.2) is 60.4 Å². The minimum absolute atomic E-state index is 0.214. The first-order valence-electron chi connectivity index (χ1n) is 9.01. The molecule has 2 aromatic rings. The van der Waals surface area contributed by atoms with Crippen molar-refractivity contribution in [2.75, 3.05) is 11.9 Å². The summed E-state index contributed by atoms with van der Waals surface area (Å²) in [7, 11) is 1.72. The van der Waals surface area contributed by atoms with E-state index in [1.807, 2.05) is 69.3 Å². The van der Waals surface area contributed by atoms with Gasteiger partial charge in [0.05, 0.1) is 5.69 Å². The monoisotopic (exact) mass is 377 g/mol. The first-order chi connectivity index (χ1) is 13.2. The Hall–Kier alpha value is -3.34. The fourth-order valence-corrected chi connectivity index (χ4v) is 2.75. The van der Waals surface area contributed by atoms with Crippen molar-refractivity contribution in [1.29, 1.82) is 0 Å². The van der Waals surface area contributed by atoms with Gasteiger partial charge < -0.3 is 14.4 Å². The lowest BCUT2D eigenvalue weighted by atomic mass is 10.1. The number of hydrogen-bond donors (Lipinski definition) is 0. The van der Waals surface area contributed by atoms with Gasteiger partial charge in [0.1, 0.15) is 5.60 Å². The summed E-state index contributed by atoms with van der Waals surface area (Å²) in [5, 5.41) is 0. The van der Waals surface area contributed by atoms with Crippen LogP contribution in [0.1, 0.15) is 31.9 Å². The third-order valence-electron chi connectivity index (χ3n) is 3.99. The van der Waals surface area contributed by atoms with E-state index in [0.717, 1.165) is 16.8 Å². The normalized spacial score (nSPS) is 15.5. The number of para-hydroxylation sites is 2. The number of nitrogens with zero attached hydrogens (tertiary/aromatic N) is 1. The molecule has 3 rings (SSSR count). The van der Waals surface area contributed by atoms with Gasteiger partial charge in [0.15, 0.2) is 11.5 Å². The zero-order valence-corrected chi connectivity index (χ0v) is 16.4. The topological polar surface area (TPSA) is 55.8 Å². The Labute approximate surface area is 164 Å². The Bertz CT molecular complexity index is 967. The van der Waals surface area contributed by atoms with Crippen LogP contribution in [0.3, 0.4) is 0 Å². The number of ether oxygens (including phenoxy) is 2. The number of amides is 1. The molecule has 1 heterocycles. The van der Waals surface area contributed by atoms with Crippen LogP contribution in [0.4, 0.5) is 5.69 Å². The number of fused-ring (bicyclic) bond motifs is 1. The standard InChI is InChI=1S/C23H23NO4/c1-23(2,3)28-21(25)13-12-16-8-7-9-17(14-16)15-20-22(26)24(4)18-10-5-6-11-19(18)27-20/h5-15H,1-4H3/b13-12+,20-15-. The Morgan fingerprint density at radius 1 is 1.07 bits per heavy atom. The number of likely N-dealkylation sites (N-methyl/N-ethyl adjacent to an activating group) is 1. The molecule has 5 heteroatoms. The molecular formula is C23H23NO4. The van der Waals surface area contributed by atoms with E-state index in [-0.39, 0.29) is 11.7 Å². The van der Waals surface area contributed by atoms with Gasteiger partial charge in [-0.2, -0.15) is 0 Å². The summed E-state index contributed by atoms with van der Waals surface area (Å²) in [4.78, 5) is 26.0. The molecule has 0 fully saturated rings. The maximum Gasteiger partial charge on any atom is 0.331 e. The van der Waals surface area contributed by atoms with Crippen molar-refractivity contribution in [2.45, 2.75) is 26.4 Å². The number of esters is 1. The van der Waals surface area contributed by atoms with E-state index in [0.29, 0.717) is 5.75 Å². The average molecular weight is 377 g/mol. The molecule has 0 spiro atoms. The predicted molar refractivity (Wildman–Crippen MR) is 110 cm³/mol. The number of carbonyl (C=O) groups excluding carboxylic acids is 2. The van der Waals surface area contributed by atoms with Gasteiger partial charge in [0, 0.05) is 13.1 Å². The van der Waals surface area contributed by atoms with Gasteiger partial charge in [-0.25, -0.2) is 4.79 Å². The zero-order valence-electron chi connectivity index (χ0n) is 16.4. The molecule has 0 N–H and O–H groups in total. The maximum atomic E-state index is 12.6. The van der Waals surface area contributed by atoms with Crippen molar-refractivity contribution in [1.82, 2.24) is 0 Å². The van der Waals surface area contributed by atoms with Crippen molar-refractivity contribution in [3.8, 4) is 5.75 Å². The third-order valence-corrected chi connectivity index (χ3v) is 3.99. The molecule has 0 atom stereocenters. The van der Waals surface area contributed by atoms with Crippen LogP contribution >= 0.6 is 0 Å². The van der Waals surface area contributed by atoms with E-state index in [4.69, 9.17) is 9.47 Å². The van der Waals surface area contributed by atoms with Crippen LogP contribution in [-0.2, 0) is 14.3 Å². The van der Waals surface area contributed by atoms with E-state index in [9.17, 15) is 9.59 Å². The van der Waals surface area contributed by atoms with Gasteiger partial charge in [0.25, 0.3) is 5.91 Å². The van der Waals surface area contributed by atoms with Gasteiger partial charge in [-0.05, 0) is 62.2 Å². The van der Waals surface area contributed by atoms with E-state index in [2.05, 4.69) is 0 Å². The molecule has 144 valence electrons. The predicted octanol–water partition coefficient (Wildman–Crippen LogP) is 4.44. The SMILES string of the molecule is CN1C(=O)/C(=C/c2cccc(/C=C/C(=O)OC(C)(C)C)c2)Oc2ccccc21. The summed E-state index contributed by atoms with van der Waals surface area (Å²) in [5.41, 5.74) is 1.81. The molecule has 0 aliphatic carbocycles. The summed E-state index contributed by atoms with van der Waals surface area (Å²) in [6.45, 7) is 5.46. The molecule has 0 bridgehead atoms. The fourth-order valence-electron chi connectivity index (χ4n) is 2.75. The highest BCUT2D eigenvalue weighted by atomic mass is 16.6. The molecular weight excluding hydrogens is 354 g/mol. The largest absolute Gasteiger partial charge is 0.457 e. The third kappa shape index (κ3) is 4.68. The molecule has 2 aromatic carbocycles. The van der Waals surface area contributed by atoms with Crippen LogP contribution in [0.25, 0.3) is 12.2 Å². The van der Waals surface area contributed by atoms with Crippen LogP contribution in [-0.4, -0.2) is 24.5 Å². The molecule has 28 heavy (non-hydrogen) atoms. The molecule has 0 aromatic heterocycles. The Balaban J connectivity index is 1.81. The number of anilines is 1.